The molecule has 0 aliphatic carbocycles. The van der Waals surface area contributed by atoms with Crippen molar-refractivity contribution in [3.63, 3.8) is 0 Å². The lowest BCUT2D eigenvalue weighted by Crippen LogP contribution is -2.13. The van der Waals surface area contributed by atoms with E-state index in [0.717, 1.165) is 4.90 Å². The van der Waals surface area contributed by atoms with Gasteiger partial charge in [0.2, 0.25) is 0 Å². The SMILES string of the molecule is COC(=O)C(O)c1cc(Cl)cc(SC)c1. The molecule has 1 rings (SSSR count). The number of rotatable bonds is 3. The van der Waals surface area contributed by atoms with Crippen LogP contribution in [-0.2, 0) is 9.53 Å². The Balaban J connectivity index is 3.03. The molecule has 1 unspecified atom stereocenters. The van der Waals surface area contributed by atoms with Gasteiger partial charge in [-0.05, 0) is 30.0 Å². The Kier molecular flexibility index (Phi) is 4.45. The van der Waals surface area contributed by atoms with Crippen molar-refractivity contribution < 1.29 is 14.6 Å². The summed E-state index contributed by atoms with van der Waals surface area (Å²) in [4.78, 5) is 12.0. The molecule has 0 aliphatic heterocycles. The number of methoxy groups -OCH3 is 1. The quantitative estimate of drug-likeness (QED) is 0.657. The highest BCUT2D eigenvalue weighted by Crippen LogP contribution is 2.26. The Morgan fingerprint density at radius 3 is 2.73 bits per heavy atom. The molecule has 0 radical (unpaired) electrons. The highest BCUT2D eigenvalue weighted by molar-refractivity contribution is 7.98. The van der Waals surface area contributed by atoms with E-state index in [4.69, 9.17) is 11.6 Å². The molecule has 0 bridgehead atoms. The van der Waals surface area contributed by atoms with Gasteiger partial charge in [0.1, 0.15) is 0 Å². The third-order valence-corrected chi connectivity index (χ3v) is 2.79. The summed E-state index contributed by atoms with van der Waals surface area (Å²) in [6, 6.07) is 5.01. The zero-order valence-electron chi connectivity index (χ0n) is 8.36. The van der Waals surface area contributed by atoms with Crippen LogP contribution < -0.4 is 0 Å². The van der Waals surface area contributed by atoms with Crippen molar-refractivity contribution in [3.05, 3.63) is 28.8 Å². The van der Waals surface area contributed by atoms with Crippen LogP contribution in [0.2, 0.25) is 5.02 Å². The van der Waals surface area contributed by atoms with Crippen LogP contribution in [-0.4, -0.2) is 24.4 Å². The van der Waals surface area contributed by atoms with E-state index in [0.29, 0.717) is 10.6 Å². The number of aliphatic hydroxyl groups excluding tert-OH is 1. The lowest BCUT2D eigenvalue weighted by Gasteiger charge is -2.10. The minimum Gasteiger partial charge on any atom is -0.467 e. The van der Waals surface area contributed by atoms with Gasteiger partial charge < -0.3 is 9.84 Å². The first-order chi connectivity index (χ1) is 7.08. The summed E-state index contributed by atoms with van der Waals surface area (Å²) in [5.41, 5.74) is 0.443. The van der Waals surface area contributed by atoms with E-state index in [1.165, 1.54) is 18.9 Å². The fraction of sp³-hybridized carbons (Fsp3) is 0.300. The third kappa shape index (κ3) is 3.12. The molecule has 0 amide bonds. The van der Waals surface area contributed by atoms with Gasteiger partial charge in [-0.3, -0.25) is 0 Å². The monoisotopic (exact) mass is 246 g/mol. The van der Waals surface area contributed by atoms with Gasteiger partial charge in [0, 0.05) is 9.92 Å². The molecule has 0 fully saturated rings. The molecule has 0 aliphatic rings. The molecule has 0 aromatic heterocycles. The Morgan fingerprint density at radius 1 is 1.53 bits per heavy atom. The Labute approximate surface area is 97.4 Å². The molecule has 5 heteroatoms. The number of benzene rings is 1. The second-order valence-electron chi connectivity index (χ2n) is 2.85. The van der Waals surface area contributed by atoms with Crippen LogP contribution in [0, 0.1) is 0 Å². The summed E-state index contributed by atoms with van der Waals surface area (Å²) in [7, 11) is 1.23. The Hall–Kier alpha value is -0.710. The van der Waals surface area contributed by atoms with Crippen LogP contribution in [0.3, 0.4) is 0 Å². The summed E-state index contributed by atoms with van der Waals surface area (Å²) in [6.07, 6.45) is 0.611. The first-order valence-electron chi connectivity index (χ1n) is 4.19. The second kappa shape index (κ2) is 5.39. The van der Waals surface area contributed by atoms with Gasteiger partial charge in [-0.15, -0.1) is 11.8 Å². The number of hydrogen-bond donors (Lipinski definition) is 1. The molecule has 1 aromatic carbocycles. The highest BCUT2D eigenvalue weighted by Gasteiger charge is 2.18. The zero-order chi connectivity index (χ0) is 11.4. The summed E-state index contributed by atoms with van der Waals surface area (Å²) in [5, 5.41) is 10.1. The molecule has 0 saturated carbocycles. The maximum Gasteiger partial charge on any atom is 0.339 e. The van der Waals surface area contributed by atoms with Crippen LogP contribution in [0.4, 0.5) is 0 Å². The van der Waals surface area contributed by atoms with E-state index in [2.05, 4.69) is 4.74 Å². The van der Waals surface area contributed by atoms with Crippen LogP contribution >= 0.6 is 23.4 Å². The van der Waals surface area contributed by atoms with E-state index >= 15 is 0 Å². The van der Waals surface area contributed by atoms with Gasteiger partial charge in [-0.2, -0.15) is 0 Å². The minimum absolute atomic E-state index is 0.443. The summed E-state index contributed by atoms with van der Waals surface area (Å²) in [5.74, 6) is -0.690. The Bertz CT molecular complexity index is 368. The molecule has 1 atom stereocenters. The van der Waals surface area contributed by atoms with Crippen molar-refractivity contribution in [2.45, 2.75) is 11.0 Å². The van der Waals surface area contributed by atoms with Gasteiger partial charge in [-0.25, -0.2) is 4.79 Å². The fourth-order valence-corrected chi connectivity index (χ4v) is 1.91. The molecule has 1 N–H and O–H groups in total. The van der Waals surface area contributed by atoms with Crippen molar-refractivity contribution >= 4 is 29.3 Å². The standard InChI is InChI=1S/C10H11ClO3S/c1-14-10(13)9(12)6-3-7(11)5-8(4-6)15-2/h3-5,9,12H,1-2H3. The van der Waals surface area contributed by atoms with Crippen molar-refractivity contribution in [1.82, 2.24) is 0 Å². The molecular formula is C10H11ClO3S. The number of esters is 1. The van der Waals surface area contributed by atoms with E-state index in [9.17, 15) is 9.90 Å². The van der Waals surface area contributed by atoms with Crippen molar-refractivity contribution in [1.29, 1.82) is 0 Å². The lowest BCUT2D eigenvalue weighted by atomic mass is 10.1. The van der Waals surface area contributed by atoms with Crippen LogP contribution in [0.1, 0.15) is 11.7 Å². The number of halogens is 1. The van der Waals surface area contributed by atoms with Crippen molar-refractivity contribution in [2.24, 2.45) is 0 Å². The zero-order valence-corrected chi connectivity index (χ0v) is 9.93. The van der Waals surface area contributed by atoms with E-state index in [1.807, 2.05) is 6.26 Å². The average molecular weight is 247 g/mol. The van der Waals surface area contributed by atoms with Gasteiger partial charge in [-0.1, -0.05) is 11.6 Å². The first kappa shape index (κ1) is 12.4. The van der Waals surface area contributed by atoms with E-state index < -0.39 is 12.1 Å². The maximum absolute atomic E-state index is 11.1. The van der Waals surface area contributed by atoms with Crippen LogP contribution in [0.5, 0.6) is 0 Å². The largest absolute Gasteiger partial charge is 0.467 e. The fourth-order valence-electron chi connectivity index (χ4n) is 1.11. The minimum atomic E-state index is -1.28. The van der Waals surface area contributed by atoms with E-state index in [1.54, 1.807) is 18.2 Å². The maximum atomic E-state index is 11.1. The number of carbonyl (C=O) groups is 1. The topological polar surface area (TPSA) is 46.5 Å². The van der Waals surface area contributed by atoms with E-state index in [-0.39, 0.29) is 0 Å². The molecular weight excluding hydrogens is 236 g/mol. The van der Waals surface area contributed by atoms with Gasteiger partial charge >= 0.3 is 5.97 Å². The lowest BCUT2D eigenvalue weighted by molar-refractivity contribution is -0.150. The van der Waals surface area contributed by atoms with Gasteiger partial charge in [0.15, 0.2) is 6.10 Å². The normalized spacial score (nSPS) is 12.3. The number of carbonyl (C=O) groups excluding carboxylic acids is 1. The van der Waals surface area contributed by atoms with Crippen molar-refractivity contribution in [2.75, 3.05) is 13.4 Å². The number of hydrogen-bond acceptors (Lipinski definition) is 4. The van der Waals surface area contributed by atoms with Gasteiger partial charge in [0.05, 0.1) is 7.11 Å². The molecule has 3 nitrogen and oxygen atoms in total. The summed E-state index contributed by atoms with van der Waals surface area (Å²) >= 11 is 7.33. The number of aliphatic hydroxyl groups is 1. The van der Waals surface area contributed by atoms with Crippen LogP contribution in [0.25, 0.3) is 0 Å². The second-order valence-corrected chi connectivity index (χ2v) is 4.17. The van der Waals surface area contributed by atoms with Gasteiger partial charge in [0.25, 0.3) is 0 Å². The molecule has 0 saturated heterocycles. The highest BCUT2D eigenvalue weighted by atomic mass is 35.5. The molecule has 0 heterocycles. The predicted octanol–water partition coefficient (Wildman–Crippen LogP) is 2.27. The Morgan fingerprint density at radius 2 is 2.20 bits per heavy atom. The predicted molar refractivity (Wildman–Crippen MR) is 60.2 cm³/mol. The molecule has 82 valence electrons. The molecule has 1 aromatic rings. The third-order valence-electron chi connectivity index (χ3n) is 1.87. The molecule has 15 heavy (non-hydrogen) atoms. The first-order valence-corrected chi connectivity index (χ1v) is 5.79. The number of ether oxygens (including phenoxy) is 1. The summed E-state index contributed by atoms with van der Waals surface area (Å²) in [6.45, 7) is 0. The number of thioether (sulfide) groups is 1. The van der Waals surface area contributed by atoms with Crippen molar-refractivity contribution in [3.8, 4) is 0 Å². The summed E-state index contributed by atoms with van der Waals surface area (Å²) < 4.78 is 4.44. The smallest absolute Gasteiger partial charge is 0.339 e. The van der Waals surface area contributed by atoms with Crippen LogP contribution in [0.15, 0.2) is 23.1 Å². The molecule has 0 spiro atoms. The average Bonchev–Trinajstić information content (AvgIpc) is 2.26.